The molecular formula is C34H50O7. The smallest absolute Gasteiger partial charge is 0.309 e. The number of allylic oxidation sites excluding steroid dienone is 2. The number of carbonyl (C=O) groups excluding carboxylic acids is 2. The highest BCUT2D eigenvalue weighted by Gasteiger charge is 2.70. The largest absolute Gasteiger partial charge is 0.481 e. The molecule has 0 radical (unpaired) electrons. The predicted octanol–water partition coefficient (Wildman–Crippen LogP) is 6.83. The van der Waals surface area contributed by atoms with Crippen molar-refractivity contribution in [2.45, 2.75) is 125 Å². The van der Waals surface area contributed by atoms with Crippen LogP contribution in [0.1, 0.15) is 119 Å². The number of esters is 1. The van der Waals surface area contributed by atoms with Gasteiger partial charge in [0.25, 0.3) is 0 Å². The third-order valence-electron chi connectivity index (χ3n) is 13.8. The second kappa shape index (κ2) is 9.41. The van der Waals surface area contributed by atoms with E-state index in [4.69, 9.17) is 9.84 Å². The molecule has 228 valence electrons. The summed E-state index contributed by atoms with van der Waals surface area (Å²) in [6, 6.07) is 0. The van der Waals surface area contributed by atoms with E-state index in [1.807, 2.05) is 13.0 Å². The van der Waals surface area contributed by atoms with Crippen LogP contribution in [-0.4, -0.2) is 40.0 Å². The molecule has 0 aromatic carbocycles. The average Bonchev–Trinajstić information content (AvgIpc) is 2.86. The van der Waals surface area contributed by atoms with Crippen LogP contribution >= 0.6 is 0 Å². The Morgan fingerprint density at radius 3 is 2.17 bits per heavy atom. The Labute approximate surface area is 244 Å². The summed E-state index contributed by atoms with van der Waals surface area (Å²) < 4.78 is 5.91. The molecule has 0 heterocycles. The van der Waals surface area contributed by atoms with Crippen LogP contribution in [0, 0.1) is 50.2 Å². The molecule has 5 aliphatic carbocycles. The van der Waals surface area contributed by atoms with Crippen LogP contribution in [0.25, 0.3) is 0 Å². The van der Waals surface area contributed by atoms with Crippen molar-refractivity contribution in [1.82, 2.24) is 0 Å². The zero-order chi connectivity index (χ0) is 30.4. The highest BCUT2D eigenvalue weighted by molar-refractivity contribution is 5.95. The van der Waals surface area contributed by atoms with Gasteiger partial charge in [-0.15, -0.1) is 0 Å². The maximum absolute atomic E-state index is 14.5. The van der Waals surface area contributed by atoms with Gasteiger partial charge in [-0.3, -0.25) is 19.2 Å². The molecule has 7 heteroatoms. The third kappa shape index (κ3) is 4.25. The Morgan fingerprint density at radius 1 is 0.878 bits per heavy atom. The Hall–Kier alpha value is -2.18. The van der Waals surface area contributed by atoms with E-state index in [0.29, 0.717) is 19.3 Å². The highest BCUT2D eigenvalue weighted by atomic mass is 16.5. The number of carboxylic acid groups (broad SMARTS) is 2. The molecule has 0 spiro atoms. The van der Waals surface area contributed by atoms with Crippen molar-refractivity contribution < 1.29 is 34.1 Å². The van der Waals surface area contributed by atoms with Crippen LogP contribution in [0.5, 0.6) is 0 Å². The lowest BCUT2D eigenvalue weighted by Crippen LogP contribution is -2.66. The van der Waals surface area contributed by atoms with E-state index in [-0.39, 0.29) is 69.6 Å². The fourth-order valence-electron chi connectivity index (χ4n) is 11.0. The van der Waals surface area contributed by atoms with Crippen LogP contribution in [-0.2, 0) is 23.9 Å². The molecule has 0 aliphatic heterocycles. The highest BCUT2D eigenvalue weighted by Crippen LogP contribution is 2.75. The minimum Gasteiger partial charge on any atom is -0.481 e. The molecule has 5 rings (SSSR count). The molecular weight excluding hydrogens is 520 g/mol. The lowest BCUT2D eigenvalue weighted by molar-refractivity contribution is -0.211. The van der Waals surface area contributed by atoms with Crippen LogP contribution in [0.4, 0.5) is 0 Å². The maximum Gasteiger partial charge on any atom is 0.309 e. The lowest BCUT2D eigenvalue weighted by atomic mass is 9.33. The van der Waals surface area contributed by atoms with Crippen molar-refractivity contribution in [3.05, 3.63) is 11.6 Å². The first-order valence-electron chi connectivity index (χ1n) is 15.7. The second-order valence-corrected chi connectivity index (χ2v) is 16.3. The quantitative estimate of drug-likeness (QED) is 0.348. The standard InChI is InChI=1S/C34H50O7/c1-29(2)23-10-13-34(7)27(32(23,5)12-11-24(29)41-26(38)9-8-25(36)37)22(35)18-20-21-19-31(4,28(39)40)15-14-30(21,3)16-17-33(20,34)6/h18,21,23-24,27H,8-17,19H2,1-7H3,(H,36,37)(H,39,40)/t21-,23?,24-,27+,30-,31?,32+,33-,34-/m0/s1. The van der Waals surface area contributed by atoms with E-state index in [1.54, 1.807) is 0 Å². The molecule has 7 nitrogen and oxygen atoms in total. The first kappa shape index (κ1) is 30.3. The zero-order valence-electron chi connectivity index (χ0n) is 26.1. The molecule has 0 amide bonds. The summed E-state index contributed by atoms with van der Waals surface area (Å²) in [5, 5.41) is 19.1. The van der Waals surface area contributed by atoms with Gasteiger partial charge >= 0.3 is 17.9 Å². The van der Waals surface area contributed by atoms with Gasteiger partial charge in [0.05, 0.1) is 18.3 Å². The Bertz CT molecular complexity index is 1200. The molecule has 4 fully saturated rings. The number of hydrogen-bond donors (Lipinski definition) is 2. The van der Waals surface area contributed by atoms with Crippen LogP contribution < -0.4 is 0 Å². The Morgan fingerprint density at radius 2 is 1.54 bits per heavy atom. The molecule has 2 N–H and O–H groups in total. The van der Waals surface area contributed by atoms with Gasteiger partial charge in [-0.1, -0.05) is 47.1 Å². The van der Waals surface area contributed by atoms with Gasteiger partial charge in [0.2, 0.25) is 0 Å². The van der Waals surface area contributed by atoms with Crippen molar-refractivity contribution in [1.29, 1.82) is 0 Å². The SMILES string of the molecule is CC1(C(=O)O)CC[C@@]2(C)CC[C@@]3(C)C(=CC(=O)[C@H]4[C@]3(C)CCC3C(C)(C)[C@@H](OC(=O)CCC(=O)O)CC[C@]34C)[C@@H]2C1. The fraction of sp³-hybridized carbons (Fsp3) is 0.824. The first-order valence-corrected chi connectivity index (χ1v) is 15.7. The number of hydrogen-bond acceptors (Lipinski definition) is 5. The molecule has 4 saturated carbocycles. The molecule has 0 bridgehead atoms. The van der Waals surface area contributed by atoms with Crippen molar-refractivity contribution in [2.75, 3.05) is 0 Å². The Balaban J connectivity index is 1.49. The van der Waals surface area contributed by atoms with E-state index < -0.39 is 23.3 Å². The summed E-state index contributed by atoms with van der Waals surface area (Å²) in [5.41, 5.74) is -0.553. The molecule has 2 unspecified atom stereocenters. The van der Waals surface area contributed by atoms with E-state index in [2.05, 4.69) is 41.5 Å². The van der Waals surface area contributed by atoms with Crippen LogP contribution in [0.2, 0.25) is 0 Å². The monoisotopic (exact) mass is 570 g/mol. The molecule has 0 aromatic heterocycles. The number of carboxylic acids is 2. The summed E-state index contributed by atoms with van der Waals surface area (Å²) in [5.74, 6) is -1.87. The summed E-state index contributed by atoms with van der Waals surface area (Å²) in [7, 11) is 0. The predicted molar refractivity (Wildman–Crippen MR) is 154 cm³/mol. The van der Waals surface area contributed by atoms with Crippen LogP contribution in [0.15, 0.2) is 11.6 Å². The van der Waals surface area contributed by atoms with E-state index in [1.165, 1.54) is 5.57 Å². The summed E-state index contributed by atoms with van der Waals surface area (Å²) in [4.78, 5) is 50.3. The number of fused-ring (bicyclic) bond motifs is 7. The van der Waals surface area contributed by atoms with Gasteiger partial charge in [0.1, 0.15) is 6.10 Å². The van der Waals surface area contributed by atoms with E-state index in [0.717, 1.165) is 38.5 Å². The van der Waals surface area contributed by atoms with Gasteiger partial charge in [-0.25, -0.2) is 0 Å². The van der Waals surface area contributed by atoms with E-state index >= 15 is 0 Å². The lowest BCUT2D eigenvalue weighted by Gasteiger charge is -2.70. The summed E-state index contributed by atoms with van der Waals surface area (Å²) in [6.07, 6.45) is 8.80. The van der Waals surface area contributed by atoms with E-state index in [9.17, 15) is 24.3 Å². The molecule has 9 atom stereocenters. The zero-order valence-corrected chi connectivity index (χ0v) is 26.1. The molecule has 0 aromatic rings. The second-order valence-electron chi connectivity index (χ2n) is 16.3. The third-order valence-corrected chi connectivity index (χ3v) is 13.8. The molecule has 0 saturated heterocycles. The first-order chi connectivity index (χ1) is 18.8. The van der Waals surface area contributed by atoms with Gasteiger partial charge < -0.3 is 14.9 Å². The summed E-state index contributed by atoms with van der Waals surface area (Å²) in [6.45, 7) is 15.5. The van der Waals surface area contributed by atoms with Crippen molar-refractivity contribution in [3.8, 4) is 0 Å². The Kier molecular flexibility index (Phi) is 6.95. The topological polar surface area (TPSA) is 118 Å². The number of aliphatic carboxylic acids is 2. The molecule has 5 aliphatic rings. The van der Waals surface area contributed by atoms with Gasteiger partial charge in [0.15, 0.2) is 5.78 Å². The maximum atomic E-state index is 14.5. The number of ketones is 1. The van der Waals surface area contributed by atoms with Crippen molar-refractivity contribution in [3.63, 3.8) is 0 Å². The normalized spacial score (nSPS) is 46.6. The molecule has 41 heavy (non-hydrogen) atoms. The van der Waals surface area contributed by atoms with Crippen molar-refractivity contribution >= 4 is 23.7 Å². The number of rotatable bonds is 5. The van der Waals surface area contributed by atoms with Gasteiger partial charge in [-0.05, 0) is 104 Å². The van der Waals surface area contributed by atoms with Crippen molar-refractivity contribution in [2.24, 2.45) is 50.2 Å². The minimum atomic E-state index is -1.01. The van der Waals surface area contributed by atoms with Crippen LogP contribution in [0.3, 0.4) is 0 Å². The van der Waals surface area contributed by atoms with Gasteiger partial charge in [-0.2, -0.15) is 0 Å². The minimum absolute atomic E-state index is 0.0233. The fourth-order valence-corrected chi connectivity index (χ4v) is 11.0. The number of carbonyl (C=O) groups is 4. The van der Waals surface area contributed by atoms with Gasteiger partial charge in [0, 0.05) is 11.3 Å². The number of ether oxygens (including phenoxy) is 1. The average molecular weight is 571 g/mol. The summed E-state index contributed by atoms with van der Waals surface area (Å²) >= 11 is 0.